The molecule has 0 aliphatic carbocycles. The molecule has 1 aromatic heterocycles. The molecule has 0 radical (unpaired) electrons. The maximum absolute atomic E-state index is 5.19. The molecule has 1 heterocycles. The van der Waals surface area contributed by atoms with Gasteiger partial charge in [0, 0.05) is 16.2 Å². The molecule has 0 amide bonds. The highest BCUT2D eigenvalue weighted by atomic mass is 14.7. The van der Waals surface area contributed by atoms with Crippen LogP contribution in [0.25, 0.3) is 64.9 Å². The van der Waals surface area contributed by atoms with Gasteiger partial charge < -0.3 is 0 Å². The smallest absolute Gasteiger partial charge is 0.0791 e. The average molecular weight is 367 g/mol. The van der Waals surface area contributed by atoms with E-state index in [1.54, 1.807) is 0 Å². The fourth-order valence-electron chi connectivity index (χ4n) is 5.20. The first-order valence-corrected chi connectivity index (χ1v) is 10.1. The zero-order valence-electron chi connectivity index (χ0n) is 16.0. The number of aryl methyl sites for hydroxylation is 1. The van der Waals surface area contributed by atoms with Crippen molar-refractivity contribution in [3.8, 4) is 0 Å². The number of hydrogen-bond donors (Lipinski definition) is 0. The van der Waals surface area contributed by atoms with Gasteiger partial charge in [0.15, 0.2) is 0 Å². The Balaban J connectivity index is 1.78. The molecule has 0 atom stereocenters. The van der Waals surface area contributed by atoms with Gasteiger partial charge in [0.05, 0.1) is 11.0 Å². The van der Waals surface area contributed by atoms with Gasteiger partial charge in [0.1, 0.15) is 0 Å². The third-order valence-corrected chi connectivity index (χ3v) is 6.54. The van der Waals surface area contributed by atoms with Crippen LogP contribution in [0.15, 0.2) is 84.9 Å². The lowest BCUT2D eigenvalue weighted by Crippen LogP contribution is -1.92. The van der Waals surface area contributed by atoms with Crippen molar-refractivity contribution in [1.82, 2.24) is 4.98 Å². The van der Waals surface area contributed by atoms with Crippen LogP contribution in [0.1, 0.15) is 5.56 Å². The molecule has 6 aromatic carbocycles. The molecule has 0 aliphatic rings. The zero-order valence-corrected chi connectivity index (χ0v) is 16.0. The Labute approximate surface area is 167 Å². The minimum absolute atomic E-state index is 1.07. The Morgan fingerprint density at radius 3 is 2.14 bits per heavy atom. The summed E-state index contributed by atoms with van der Waals surface area (Å²) in [5, 5.41) is 12.9. The van der Waals surface area contributed by atoms with Crippen molar-refractivity contribution in [3.63, 3.8) is 0 Å². The van der Waals surface area contributed by atoms with Crippen LogP contribution in [0, 0.1) is 6.92 Å². The van der Waals surface area contributed by atoms with Gasteiger partial charge in [-0.25, -0.2) is 4.98 Å². The van der Waals surface area contributed by atoms with Crippen LogP contribution in [-0.2, 0) is 0 Å². The number of aromatic nitrogens is 1. The second-order valence-corrected chi connectivity index (χ2v) is 8.05. The predicted molar refractivity (Wildman–Crippen MR) is 125 cm³/mol. The first-order chi connectivity index (χ1) is 14.3. The zero-order chi connectivity index (χ0) is 19.1. The number of pyridine rings is 1. The van der Waals surface area contributed by atoms with Gasteiger partial charge in [-0.15, -0.1) is 0 Å². The van der Waals surface area contributed by atoms with Crippen molar-refractivity contribution in [1.29, 1.82) is 0 Å². The van der Waals surface area contributed by atoms with Gasteiger partial charge in [-0.2, -0.15) is 0 Å². The first kappa shape index (κ1) is 15.2. The highest BCUT2D eigenvalue weighted by Gasteiger charge is 2.15. The monoisotopic (exact) mass is 367 g/mol. The maximum Gasteiger partial charge on any atom is 0.0791 e. The van der Waals surface area contributed by atoms with Crippen molar-refractivity contribution >= 4 is 64.9 Å². The summed E-state index contributed by atoms with van der Waals surface area (Å²) in [5.41, 5.74) is 3.49. The van der Waals surface area contributed by atoms with Crippen LogP contribution in [0.5, 0.6) is 0 Å². The Kier molecular flexibility index (Phi) is 2.74. The van der Waals surface area contributed by atoms with E-state index in [9.17, 15) is 0 Å². The molecule has 1 heteroatoms. The molecule has 0 spiro atoms. The molecule has 0 bridgehead atoms. The van der Waals surface area contributed by atoms with E-state index in [1.807, 2.05) is 0 Å². The van der Waals surface area contributed by atoms with E-state index in [0.29, 0.717) is 0 Å². The lowest BCUT2D eigenvalue weighted by Gasteiger charge is -2.15. The highest BCUT2D eigenvalue weighted by molar-refractivity contribution is 6.29. The van der Waals surface area contributed by atoms with Gasteiger partial charge in [-0.3, -0.25) is 0 Å². The highest BCUT2D eigenvalue weighted by Crippen LogP contribution is 2.40. The molecule has 0 N–H and O–H groups in total. The largest absolute Gasteiger partial charge is 0.247 e. The second kappa shape index (κ2) is 5.21. The summed E-state index contributed by atoms with van der Waals surface area (Å²) < 4.78 is 0. The molecule has 0 fully saturated rings. The molecule has 7 rings (SSSR count). The molecule has 0 saturated heterocycles. The number of fused-ring (bicyclic) bond motifs is 5. The van der Waals surface area contributed by atoms with E-state index in [4.69, 9.17) is 4.98 Å². The average Bonchev–Trinajstić information content (AvgIpc) is 2.77. The summed E-state index contributed by atoms with van der Waals surface area (Å²) in [7, 11) is 0. The maximum atomic E-state index is 5.19. The summed E-state index contributed by atoms with van der Waals surface area (Å²) >= 11 is 0. The van der Waals surface area contributed by atoms with Crippen LogP contribution in [-0.4, -0.2) is 4.98 Å². The van der Waals surface area contributed by atoms with Crippen LogP contribution in [0.2, 0.25) is 0 Å². The lowest BCUT2D eigenvalue weighted by atomic mass is 9.90. The quantitative estimate of drug-likeness (QED) is 0.197. The van der Waals surface area contributed by atoms with Crippen molar-refractivity contribution in [2.24, 2.45) is 0 Å². The molecular weight excluding hydrogens is 350 g/mol. The van der Waals surface area contributed by atoms with Gasteiger partial charge in [-0.1, -0.05) is 72.8 Å². The van der Waals surface area contributed by atoms with Crippen molar-refractivity contribution < 1.29 is 0 Å². The number of hydrogen-bond acceptors (Lipinski definition) is 1. The normalized spacial score (nSPS) is 12.3. The van der Waals surface area contributed by atoms with Crippen LogP contribution < -0.4 is 0 Å². The van der Waals surface area contributed by atoms with E-state index in [-0.39, 0.29) is 0 Å². The summed E-state index contributed by atoms with van der Waals surface area (Å²) in [6.07, 6.45) is 0. The standard InChI is InChI=1S/C28H17N/c1-16-23-15-20-10-9-18-6-4-7-19-11-13-22(27(20)26(18)19)28(23)29-24-14-12-17-5-2-3-8-21(17)25(16)24/h2-15H,1H3. The predicted octanol–water partition coefficient (Wildman–Crippen LogP) is 7.75. The van der Waals surface area contributed by atoms with Crippen molar-refractivity contribution in [2.75, 3.05) is 0 Å². The van der Waals surface area contributed by atoms with Crippen LogP contribution >= 0.6 is 0 Å². The minimum atomic E-state index is 1.07. The topological polar surface area (TPSA) is 12.9 Å². The third kappa shape index (κ3) is 1.87. The Morgan fingerprint density at radius 2 is 1.24 bits per heavy atom. The molecule has 0 aliphatic heterocycles. The second-order valence-electron chi connectivity index (χ2n) is 8.05. The Morgan fingerprint density at radius 1 is 0.517 bits per heavy atom. The minimum Gasteiger partial charge on any atom is -0.247 e. The first-order valence-electron chi connectivity index (χ1n) is 10.1. The van der Waals surface area contributed by atoms with Crippen molar-refractivity contribution in [3.05, 3.63) is 90.5 Å². The molecule has 1 nitrogen and oxygen atoms in total. The fraction of sp³-hybridized carbons (Fsp3) is 0.0357. The van der Waals surface area contributed by atoms with Crippen molar-refractivity contribution in [2.45, 2.75) is 6.92 Å². The van der Waals surface area contributed by atoms with Gasteiger partial charge >= 0.3 is 0 Å². The van der Waals surface area contributed by atoms with Gasteiger partial charge in [0.25, 0.3) is 0 Å². The number of benzene rings is 6. The summed E-state index contributed by atoms with van der Waals surface area (Å²) in [6.45, 7) is 2.25. The summed E-state index contributed by atoms with van der Waals surface area (Å²) in [6, 6.07) is 30.9. The van der Waals surface area contributed by atoms with E-state index in [2.05, 4.69) is 91.9 Å². The summed E-state index contributed by atoms with van der Waals surface area (Å²) in [4.78, 5) is 5.19. The fourth-order valence-corrected chi connectivity index (χ4v) is 5.20. The van der Waals surface area contributed by atoms with E-state index in [1.165, 1.54) is 59.4 Å². The van der Waals surface area contributed by atoms with E-state index >= 15 is 0 Å². The van der Waals surface area contributed by atoms with E-state index < -0.39 is 0 Å². The molecule has 7 aromatic rings. The van der Waals surface area contributed by atoms with E-state index in [0.717, 1.165) is 11.0 Å². The molecular formula is C28H17N. The summed E-state index contributed by atoms with van der Waals surface area (Å²) in [5.74, 6) is 0. The Hall–Kier alpha value is -3.71. The number of nitrogens with zero attached hydrogens (tertiary/aromatic N) is 1. The van der Waals surface area contributed by atoms with Gasteiger partial charge in [-0.05, 0) is 62.3 Å². The lowest BCUT2D eigenvalue weighted by molar-refractivity contribution is 1.48. The number of rotatable bonds is 0. The van der Waals surface area contributed by atoms with Crippen LogP contribution in [0.3, 0.4) is 0 Å². The van der Waals surface area contributed by atoms with Crippen LogP contribution in [0.4, 0.5) is 0 Å². The SMILES string of the molecule is Cc1c2cc3ccc4cccc5ccc(c2nc2ccc6ccccc6c12)c3c45. The molecule has 29 heavy (non-hydrogen) atoms. The molecule has 134 valence electrons. The molecule has 0 saturated carbocycles. The van der Waals surface area contributed by atoms with Gasteiger partial charge in [0.2, 0.25) is 0 Å². The third-order valence-electron chi connectivity index (χ3n) is 6.54. The molecule has 0 unspecified atom stereocenters. The Bertz CT molecular complexity index is 1740.